The maximum atomic E-state index is 5.71. The summed E-state index contributed by atoms with van der Waals surface area (Å²) < 4.78 is 21.5. The summed E-state index contributed by atoms with van der Waals surface area (Å²) in [5.41, 5.74) is 1.21. The van der Waals surface area contributed by atoms with E-state index in [9.17, 15) is 0 Å². The Morgan fingerprint density at radius 2 is 1.96 bits per heavy atom. The zero-order valence-corrected chi connectivity index (χ0v) is 13.3. The van der Waals surface area contributed by atoms with Crippen LogP contribution in [0, 0.1) is 0 Å². The average molecular weight is 314 g/mol. The highest BCUT2D eigenvalue weighted by Crippen LogP contribution is 2.25. The van der Waals surface area contributed by atoms with Gasteiger partial charge in [0, 0.05) is 12.5 Å². The molecule has 0 N–H and O–H groups in total. The molecule has 4 heteroatoms. The number of benzene rings is 1. The Bertz CT molecular complexity index is 582. The Kier molecular flexibility index (Phi) is 5.51. The molecule has 1 heterocycles. The van der Waals surface area contributed by atoms with Gasteiger partial charge in [0.1, 0.15) is 24.2 Å². The molecule has 1 aromatic rings. The average Bonchev–Trinajstić information content (AvgIpc) is 3.41. The van der Waals surface area contributed by atoms with E-state index in [0.717, 1.165) is 18.1 Å². The first-order valence-electron chi connectivity index (χ1n) is 7.96. The standard InChI is InChI=1S/C19H22O4/c1-2-20-14-23-18-10-7-16(8-11-18)15-4-3-5-17(9-6-15)21-12-19-13-22-19/h3-11,15,19H,2,12-14H2,1H3. The van der Waals surface area contributed by atoms with Gasteiger partial charge < -0.3 is 18.9 Å². The molecule has 0 radical (unpaired) electrons. The second kappa shape index (κ2) is 7.99. The van der Waals surface area contributed by atoms with Crippen molar-refractivity contribution in [3.8, 4) is 5.75 Å². The van der Waals surface area contributed by atoms with Gasteiger partial charge in [0.2, 0.25) is 0 Å². The Hall–Kier alpha value is -2.04. The lowest BCUT2D eigenvalue weighted by molar-refractivity contribution is 0.0224. The fourth-order valence-electron chi connectivity index (χ4n) is 2.24. The Labute approximate surface area is 137 Å². The number of epoxide rings is 1. The first-order chi connectivity index (χ1) is 11.3. The SMILES string of the molecule is CCOCOc1ccc(C2C=CC=C(OCC3CO3)C=C2)cc1. The molecule has 1 fully saturated rings. The molecule has 3 rings (SSSR count). The van der Waals surface area contributed by atoms with E-state index >= 15 is 0 Å². The second-order valence-corrected chi connectivity index (χ2v) is 5.43. The largest absolute Gasteiger partial charge is 0.491 e. The summed E-state index contributed by atoms with van der Waals surface area (Å²) in [6.45, 7) is 4.32. The van der Waals surface area contributed by atoms with E-state index in [0.29, 0.717) is 13.2 Å². The number of hydrogen-bond acceptors (Lipinski definition) is 4. The van der Waals surface area contributed by atoms with Crippen LogP contribution < -0.4 is 4.74 Å². The second-order valence-electron chi connectivity index (χ2n) is 5.43. The molecule has 1 aromatic carbocycles. The summed E-state index contributed by atoms with van der Waals surface area (Å²) >= 11 is 0. The van der Waals surface area contributed by atoms with Gasteiger partial charge in [-0.05, 0) is 36.8 Å². The lowest BCUT2D eigenvalue weighted by Gasteiger charge is -2.10. The monoisotopic (exact) mass is 314 g/mol. The van der Waals surface area contributed by atoms with Crippen molar-refractivity contribution in [3.05, 3.63) is 66.0 Å². The fraction of sp³-hybridized carbons (Fsp3) is 0.368. The maximum Gasteiger partial charge on any atom is 0.189 e. The molecule has 0 aromatic heterocycles. The van der Waals surface area contributed by atoms with Gasteiger partial charge in [0.15, 0.2) is 6.79 Å². The Morgan fingerprint density at radius 3 is 2.70 bits per heavy atom. The van der Waals surface area contributed by atoms with Crippen LogP contribution in [0.15, 0.2) is 60.4 Å². The van der Waals surface area contributed by atoms with E-state index < -0.39 is 0 Å². The third-order valence-corrected chi connectivity index (χ3v) is 3.66. The number of hydrogen-bond donors (Lipinski definition) is 0. The van der Waals surface area contributed by atoms with E-state index in [-0.39, 0.29) is 18.8 Å². The van der Waals surface area contributed by atoms with Gasteiger partial charge in [0.05, 0.1) is 6.61 Å². The number of ether oxygens (including phenoxy) is 4. The van der Waals surface area contributed by atoms with Crippen molar-refractivity contribution in [1.29, 1.82) is 0 Å². The summed E-state index contributed by atoms with van der Waals surface area (Å²) in [4.78, 5) is 0. The zero-order chi connectivity index (χ0) is 15.9. The van der Waals surface area contributed by atoms with E-state index in [1.54, 1.807) is 0 Å². The lowest BCUT2D eigenvalue weighted by Crippen LogP contribution is -2.02. The molecule has 1 aliphatic heterocycles. The summed E-state index contributed by atoms with van der Waals surface area (Å²) in [5.74, 6) is 1.91. The van der Waals surface area contributed by atoms with E-state index in [1.165, 1.54) is 5.56 Å². The molecular weight excluding hydrogens is 292 g/mol. The smallest absolute Gasteiger partial charge is 0.189 e. The van der Waals surface area contributed by atoms with Crippen LogP contribution in [0.25, 0.3) is 0 Å². The Balaban J connectivity index is 1.55. The van der Waals surface area contributed by atoms with Crippen LogP contribution in [-0.2, 0) is 14.2 Å². The van der Waals surface area contributed by atoms with Crippen LogP contribution in [0.2, 0.25) is 0 Å². The first-order valence-corrected chi connectivity index (χ1v) is 7.96. The highest BCUT2D eigenvalue weighted by atomic mass is 16.7. The van der Waals surface area contributed by atoms with E-state index in [4.69, 9.17) is 18.9 Å². The van der Waals surface area contributed by atoms with Gasteiger partial charge in [-0.3, -0.25) is 0 Å². The molecule has 0 bridgehead atoms. The topological polar surface area (TPSA) is 40.2 Å². The van der Waals surface area contributed by atoms with Crippen molar-refractivity contribution in [1.82, 2.24) is 0 Å². The van der Waals surface area contributed by atoms with Crippen LogP contribution in [0.4, 0.5) is 0 Å². The Morgan fingerprint density at radius 1 is 1.13 bits per heavy atom. The van der Waals surface area contributed by atoms with Crippen molar-refractivity contribution in [2.75, 3.05) is 26.6 Å². The first kappa shape index (κ1) is 15.8. The molecule has 0 spiro atoms. The molecule has 122 valence electrons. The van der Waals surface area contributed by atoms with Gasteiger partial charge in [-0.1, -0.05) is 30.4 Å². The molecule has 0 saturated carbocycles. The predicted octanol–water partition coefficient (Wildman–Crippen LogP) is 3.57. The van der Waals surface area contributed by atoms with Crippen molar-refractivity contribution >= 4 is 0 Å². The molecule has 1 aliphatic carbocycles. The fourth-order valence-corrected chi connectivity index (χ4v) is 2.24. The molecule has 23 heavy (non-hydrogen) atoms. The van der Waals surface area contributed by atoms with Crippen LogP contribution >= 0.6 is 0 Å². The summed E-state index contributed by atoms with van der Waals surface area (Å²) in [7, 11) is 0. The highest BCUT2D eigenvalue weighted by Gasteiger charge is 2.23. The van der Waals surface area contributed by atoms with Gasteiger partial charge in [-0.15, -0.1) is 0 Å². The van der Waals surface area contributed by atoms with Crippen molar-refractivity contribution < 1.29 is 18.9 Å². The minimum Gasteiger partial charge on any atom is -0.491 e. The minimum absolute atomic E-state index is 0.227. The van der Waals surface area contributed by atoms with Gasteiger partial charge >= 0.3 is 0 Å². The molecule has 2 aliphatic rings. The summed E-state index contributed by atoms with van der Waals surface area (Å²) in [5, 5.41) is 0. The third kappa shape index (κ3) is 4.98. The molecular formula is C19H22O4. The van der Waals surface area contributed by atoms with Crippen LogP contribution in [-0.4, -0.2) is 32.7 Å². The minimum atomic E-state index is 0.227. The summed E-state index contributed by atoms with van der Waals surface area (Å²) in [6.07, 6.45) is 10.6. The molecule has 4 nitrogen and oxygen atoms in total. The third-order valence-electron chi connectivity index (χ3n) is 3.66. The van der Waals surface area contributed by atoms with Gasteiger partial charge in [-0.2, -0.15) is 0 Å². The number of rotatable bonds is 8. The maximum absolute atomic E-state index is 5.71. The zero-order valence-electron chi connectivity index (χ0n) is 13.3. The van der Waals surface area contributed by atoms with E-state index in [2.05, 4.69) is 24.3 Å². The van der Waals surface area contributed by atoms with Gasteiger partial charge in [-0.25, -0.2) is 0 Å². The van der Waals surface area contributed by atoms with Crippen LogP contribution in [0.3, 0.4) is 0 Å². The quantitative estimate of drug-likeness (QED) is 0.418. The number of allylic oxidation sites excluding steroid dienone is 5. The van der Waals surface area contributed by atoms with Crippen molar-refractivity contribution in [2.24, 2.45) is 0 Å². The molecule has 2 atom stereocenters. The van der Waals surface area contributed by atoms with E-state index in [1.807, 2.05) is 37.3 Å². The molecule has 0 amide bonds. The highest BCUT2D eigenvalue weighted by molar-refractivity contribution is 5.37. The predicted molar refractivity (Wildman–Crippen MR) is 88.4 cm³/mol. The lowest BCUT2D eigenvalue weighted by atomic mass is 9.98. The van der Waals surface area contributed by atoms with Crippen LogP contribution in [0.1, 0.15) is 18.4 Å². The van der Waals surface area contributed by atoms with Crippen molar-refractivity contribution in [3.63, 3.8) is 0 Å². The van der Waals surface area contributed by atoms with Crippen LogP contribution in [0.5, 0.6) is 5.75 Å². The molecule has 2 unspecified atom stereocenters. The van der Waals surface area contributed by atoms with Crippen molar-refractivity contribution in [2.45, 2.75) is 18.9 Å². The molecule has 1 saturated heterocycles. The summed E-state index contributed by atoms with van der Waals surface area (Å²) in [6, 6.07) is 8.08. The normalized spacial score (nSPS) is 22.4. The van der Waals surface area contributed by atoms with Gasteiger partial charge in [0.25, 0.3) is 0 Å².